The van der Waals surface area contributed by atoms with Gasteiger partial charge in [0.05, 0.1) is 11.1 Å². The van der Waals surface area contributed by atoms with Gasteiger partial charge >= 0.3 is 5.97 Å². The van der Waals surface area contributed by atoms with E-state index >= 15 is 0 Å². The van der Waals surface area contributed by atoms with Crippen LogP contribution in [0.3, 0.4) is 0 Å². The molecule has 0 fully saturated rings. The zero-order valence-electron chi connectivity index (χ0n) is 8.52. The highest BCUT2D eigenvalue weighted by molar-refractivity contribution is 5.95. The summed E-state index contributed by atoms with van der Waals surface area (Å²) in [6.07, 6.45) is 1.08. The van der Waals surface area contributed by atoms with E-state index in [0.29, 0.717) is 0 Å². The van der Waals surface area contributed by atoms with E-state index in [2.05, 4.69) is 4.98 Å². The summed E-state index contributed by atoms with van der Waals surface area (Å²) in [7, 11) is 0. The van der Waals surface area contributed by atoms with Crippen molar-refractivity contribution in [2.45, 2.75) is 0 Å². The molecule has 0 unspecified atom stereocenters. The minimum atomic E-state index is -1.26. The Kier molecular flexibility index (Phi) is 2.82. The SMILES string of the molecule is O=C(O)c1ccnc(F)c1-c1ccc(F)cc1. The molecule has 0 aliphatic heterocycles. The van der Waals surface area contributed by atoms with Crippen LogP contribution in [0.15, 0.2) is 36.5 Å². The smallest absolute Gasteiger partial charge is 0.336 e. The molecule has 0 radical (unpaired) electrons. The lowest BCUT2D eigenvalue weighted by Gasteiger charge is -2.06. The molecule has 1 aromatic carbocycles. The van der Waals surface area contributed by atoms with Crippen molar-refractivity contribution in [2.75, 3.05) is 0 Å². The van der Waals surface area contributed by atoms with E-state index < -0.39 is 17.7 Å². The Bertz CT molecular complexity index is 567. The van der Waals surface area contributed by atoms with Gasteiger partial charge in [-0.25, -0.2) is 14.2 Å². The first kappa shape index (κ1) is 11.2. The maximum atomic E-state index is 13.5. The zero-order chi connectivity index (χ0) is 12.4. The van der Waals surface area contributed by atoms with E-state index in [4.69, 9.17) is 5.11 Å². The Morgan fingerprint density at radius 3 is 2.35 bits per heavy atom. The van der Waals surface area contributed by atoms with Crippen molar-refractivity contribution in [1.82, 2.24) is 4.98 Å². The van der Waals surface area contributed by atoms with Crippen LogP contribution in [0.5, 0.6) is 0 Å². The van der Waals surface area contributed by atoms with Crippen LogP contribution in [-0.4, -0.2) is 16.1 Å². The lowest BCUT2D eigenvalue weighted by Crippen LogP contribution is -2.03. The molecule has 0 aliphatic carbocycles. The number of hydrogen-bond acceptors (Lipinski definition) is 2. The van der Waals surface area contributed by atoms with Crippen molar-refractivity contribution in [2.24, 2.45) is 0 Å². The molecule has 0 spiro atoms. The number of rotatable bonds is 2. The van der Waals surface area contributed by atoms with E-state index in [1.807, 2.05) is 0 Å². The number of aromatic carboxylic acids is 1. The number of pyridine rings is 1. The quantitative estimate of drug-likeness (QED) is 0.814. The van der Waals surface area contributed by atoms with Gasteiger partial charge in [-0.3, -0.25) is 0 Å². The van der Waals surface area contributed by atoms with Crippen LogP contribution in [0.25, 0.3) is 11.1 Å². The summed E-state index contributed by atoms with van der Waals surface area (Å²) in [6.45, 7) is 0. The van der Waals surface area contributed by atoms with Gasteiger partial charge in [-0.2, -0.15) is 4.39 Å². The third-order valence-electron chi connectivity index (χ3n) is 2.27. The highest BCUT2D eigenvalue weighted by atomic mass is 19.1. The number of aromatic nitrogens is 1. The normalized spacial score (nSPS) is 10.2. The largest absolute Gasteiger partial charge is 0.478 e. The summed E-state index contributed by atoms with van der Waals surface area (Å²) in [4.78, 5) is 14.3. The van der Waals surface area contributed by atoms with Crippen molar-refractivity contribution < 1.29 is 18.7 Å². The van der Waals surface area contributed by atoms with Crippen LogP contribution < -0.4 is 0 Å². The first-order valence-corrected chi connectivity index (χ1v) is 4.73. The second kappa shape index (κ2) is 4.29. The lowest BCUT2D eigenvalue weighted by molar-refractivity contribution is 0.0697. The number of carboxylic acid groups (broad SMARTS) is 1. The van der Waals surface area contributed by atoms with Crippen LogP contribution in [0, 0.1) is 11.8 Å². The Labute approximate surface area is 95.4 Å². The van der Waals surface area contributed by atoms with Gasteiger partial charge in [0.2, 0.25) is 5.95 Å². The molecule has 1 N–H and O–H groups in total. The van der Waals surface area contributed by atoms with Gasteiger partial charge in [-0.15, -0.1) is 0 Å². The van der Waals surface area contributed by atoms with Crippen LogP contribution in [0.1, 0.15) is 10.4 Å². The van der Waals surface area contributed by atoms with Crippen LogP contribution in [0.2, 0.25) is 0 Å². The molecule has 1 heterocycles. The van der Waals surface area contributed by atoms with E-state index in [-0.39, 0.29) is 16.7 Å². The third-order valence-corrected chi connectivity index (χ3v) is 2.27. The standard InChI is InChI=1S/C12H7F2NO2/c13-8-3-1-7(2-4-8)10-9(12(16)17)5-6-15-11(10)14/h1-6H,(H,16,17). The van der Waals surface area contributed by atoms with Gasteiger partial charge in [0.15, 0.2) is 0 Å². The van der Waals surface area contributed by atoms with E-state index in [9.17, 15) is 13.6 Å². The molecule has 0 atom stereocenters. The summed E-state index contributed by atoms with van der Waals surface area (Å²) in [6, 6.07) is 6.08. The molecular weight excluding hydrogens is 228 g/mol. The summed E-state index contributed by atoms with van der Waals surface area (Å²) in [5, 5.41) is 8.94. The molecule has 5 heteroatoms. The number of nitrogens with zero attached hydrogens (tertiary/aromatic N) is 1. The number of halogens is 2. The minimum absolute atomic E-state index is 0.139. The number of hydrogen-bond donors (Lipinski definition) is 1. The predicted molar refractivity (Wildman–Crippen MR) is 56.5 cm³/mol. The molecule has 0 aliphatic rings. The first-order valence-electron chi connectivity index (χ1n) is 4.73. The lowest BCUT2D eigenvalue weighted by atomic mass is 10.0. The van der Waals surface area contributed by atoms with Crippen LogP contribution in [0.4, 0.5) is 8.78 Å². The maximum absolute atomic E-state index is 13.5. The van der Waals surface area contributed by atoms with Crippen molar-refractivity contribution in [1.29, 1.82) is 0 Å². The molecule has 0 amide bonds. The van der Waals surface area contributed by atoms with E-state index in [1.54, 1.807) is 0 Å². The van der Waals surface area contributed by atoms with Crippen molar-refractivity contribution in [3.63, 3.8) is 0 Å². The molecule has 1 aromatic heterocycles. The second-order valence-corrected chi connectivity index (χ2v) is 3.34. The highest BCUT2D eigenvalue weighted by Gasteiger charge is 2.16. The van der Waals surface area contributed by atoms with Crippen LogP contribution >= 0.6 is 0 Å². The minimum Gasteiger partial charge on any atom is -0.478 e. The maximum Gasteiger partial charge on any atom is 0.336 e. The fourth-order valence-corrected chi connectivity index (χ4v) is 1.51. The predicted octanol–water partition coefficient (Wildman–Crippen LogP) is 2.73. The average molecular weight is 235 g/mol. The second-order valence-electron chi connectivity index (χ2n) is 3.34. The van der Waals surface area contributed by atoms with Gasteiger partial charge in [-0.05, 0) is 23.8 Å². The molecule has 3 nitrogen and oxygen atoms in total. The van der Waals surface area contributed by atoms with Crippen LogP contribution in [-0.2, 0) is 0 Å². The zero-order valence-corrected chi connectivity index (χ0v) is 8.52. The molecule has 0 saturated carbocycles. The Hall–Kier alpha value is -2.30. The summed E-state index contributed by atoms with van der Waals surface area (Å²) < 4.78 is 26.3. The molecule has 17 heavy (non-hydrogen) atoms. The number of benzene rings is 1. The fourth-order valence-electron chi connectivity index (χ4n) is 1.51. The van der Waals surface area contributed by atoms with Crippen molar-refractivity contribution >= 4 is 5.97 Å². The van der Waals surface area contributed by atoms with Gasteiger partial charge in [0, 0.05) is 6.20 Å². The molecule has 86 valence electrons. The Morgan fingerprint density at radius 1 is 1.12 bits per heavy atom. The van der Waals surface area contributed by atoms with Crippen molar-refractivity contribution in [3.8, 4) is 11.1 Å². The van der Waals surface area contributed by atoms with Gasteiger partial charge in [0.25, 0.3) is 0 Å². The first-order chi connectivity index (χ1) is 8.09. The van der Waals surface area contributed by atoms with Gasteiger partial charge in [-0.1, -0.05) is 12.1 Å². The third kappa shape index (κ3) is 2.13. The molecule has 0 bridgehead atoms. The fraction of sp³-hybridized carbons (Fsp3) is 0. The summed E-state index contributed by atoms with van der Waals surface area (Å²) in [5.74, 6) is -2.63. The number of carboxylic acids is 1. The monoisotopic (exact) mass is 235 g/mol. The van der Waals surface area contributed by atoms with Crippen molar-refractivity contribution in [3.05, 3.63) is 53.9 Å². The van der Waals surface area contributed by atoms with E-state index in [1.165, 1.54) is 18.2 Å². The molecule has 2 rings (SSSR count). The number of carbonyl (C=O) groups is 1. The molecular formula is C12H7F2NO2. The molecule has 0 saturated heterocycles. The molecule has 2 aromatic rings. The summed E-state index contributed by atoms with van der Waals surface area (Å²) >= 11 is 0. The summed E-state index contributed by atoms with van der Waals surface area (Å²) in [5.41, 5.74) is -0.0708. The Morgan fingerprint density at radius 2 is 1.76 bits per heavy atom. The van der Waals surface area contributed by atoms with Gasteiger partial charge in [0.1, 0.15) is 5.82 Å². The average Bonchev–Trinajstić information content (AvgIpc) is 2.30. The Balaban J connectivity index is 2.65. The topological polar surface area (TPSA) is 50.2 Å². The van der Waals surface area contributed by atoms with E-state index in [0.717, 1.165) is 18.3 Å². The van der Waals surface area contributed by atoms with Gasteiger partial charge < -0.3 is 5.11 Å². The highest BCUT2D eigenvalue weighted by Crippen LogP contribution is 2.25.